The van der Waals surface area contributed by atoms with Crippen LogP contribution in [-0.2, 0) is 0 Å². The molecule has 0 saturated carbocycles. The average Bonchev–Trinajstić information content (AvgIpc) is 2.61. The highest BCUT2D eigenvalue weighted by Crippen LogP contribution is 2.22. The summed E-state index contributed by atoms with van der Waals surface area (Å²) in [7, 11) is 0. The smallest absolute Gasteiger partial charge is 0.255 e. The van der Waals surface area contributed by atoms with Crippen LogP contribution in [0.5, 0.6) is 11.5 Å². The number of carbonyl (C=O) groups excluding carboxylic acids is 2. The fraction of sp³-hybridized carbons (Fsp3) is 0.263. The van der Waals surface area contributed by atoms with Gasteiger partial charge in [-0.2, -0.15) is 0 Å². The normalized spacial score (nSPS) is 14.9. The van der Waals surface area contributed by atoms with Crippen molar-refractivity contribution in [1.29, 1.82) is 0 Å². The van der Waals surface area contributed by atoms with Gasteiger partial charge in [0.05, 0.1) is 10.6 Å². The number of halogens is 1. The SMILES string of the molecule is O=C(NC1CCN(C(=O)c2ccccc2Cl)CC1)c1cc(O)cc(O)c1. The van der Waals surface area contributed by atoms with E-state index in [9.17, 15) is 19.8 Å². The summed E-state index contributed by atoms with van der Waals surface area (Å²) < 4.78 is 0. The Morgan fingerprint density at radius 2 is 1.65 bits per heavy atom. The summed E-state index contributed by atoms with van der Waals surface area (Å²) in [5.74, 6) is -0.823. The Kier molecular flexibility index (Phi) is 5.32. The summed E-state index contributed by atoms with van der Waals surface area (Å²) in [5.41, 5.74) is 0.670. The molecule has 1 aliphatic rings. The fourth-order valence-corrected chi connectivity index (χ4v) is 3.24. The minimum Gasteiger partial charge on any atom is -0.508 e. The zero-order valence-electron chi connectivity index (χ0n) is 14.0. The van der Waals surface area contributed by atoms with E-state index >= 15 is 0 Å². The molecule has 0 unspecified atom stereocenters. The van der Waals surface area contributed by atoms with Gasteiger partial charge >= 0.3 is 0 Å². The second kappa shape index (κ2) is 7.66. The topological polar surface area (TPSA) is 89.9 Å². The molecule has 0 bridgehead atoms. The molecule has 2 aromatic carbocycles. The van der Waals surface area contributed by atoms with Gasteiger partial charge in [0, 0.05) is 30.8 Å². The lowest BCUT2D eigenvalue weighted by molar-refractivity contribution is 0.0698. The van der Waals surface area contributed by atoms with Gasteiger partial charge in [0.25, 0.3) is 11.8 Å². The number of amides is 2. The van der Waals surface area contributed by atoms with Gasteiger partial charge in [-0.15, -0.1) is 0 Å². The van der Waals surface area contributed by atoms with Gasteiger partial charge in [0.15, 0.2) is 0 Å². The Morgan fingerprint density at radius 1 is 1.04 bits per heavy atom. The lowest BCUT2D eigenvalue weighted by Crippen LogP contribution is -2.46. The van der Waals surface area contributed by atoms with Crippen LogP contribution in [0.3, 0.4) is 0 Å². The highest BCUT2D eigenvalue weighted by Gasteiger charge is 2.26. The van der Waals surface area contributed by atoms with Gasteiger partial charge in [0.2, 0.25) is 0 Å². The van der Waals surface area contributed by atoms with Crippen molar-refractivity contribution in [3.63, 3.8) is 0 Å². The molecule has 1 saturated heterocycles. The summed E-state index contributed by atoms with van der Waals surface area (Å²) in [6.45, 7) is 1.03. The van der Waals surface area contributed by atoms with Crippen LogP contribution in [0.25, 0.3) is 0 Å². The molecule has 1 aliphatic heterocycles. The van der Waals surface area contributed by atoms with E-state index in [0.29, 0.717) is 36.5 Å². The van der Waals surface area contributed by atoms with Crippen molar-refractivity contribution in [2.75, 3.05) is 13.1 Å². The van der Waals surface area contributed by atoms with E-state index in [1.165, 1.54) is 12.1 Å². The Morgan fingerprint density at radius 3 is 2.27 bits per heavy atom. The number of hydrogen-bond donors (Lipinski definition) is 3. The van der Waals surface area contributed by atoms with Crippen LogP contribution in [0.15, 0.2) is 42.5 Å². The number of piperidine rings is 1. The Bertz CT molecular complexity index is 812. The number of hydrogen-bond acceptors (Lipinski definition) is 4. The highest BCUT2D eigenvalue weighted by atomic mass is 35.5. The fourth-order valence-electron chi connectivity index (χ4n) is 3.03. The quantitative estimate of drug-likeness (QED) is 0.770. The number of nitrogens with zero attached hydrogens (tertiary/aromatic N) is 1. The van der Waals surface area contributed by atoms with Crippen molar-refractivity contribution in [2.24, 2.45) is 0 Å². The summed E-state index contributed by atoms with van der Waals surface area (Å²) in [5, 5.41) is 22.3. The zero-order chi connectivity index (χ0) is 18.7. The largest absolute Gasteiger partial charge is 0.508 e. The van der Waals surface area contributed by atoms with Gasteiger partial charge in [-0.25, -0.2) is 0 Å². The molecule has 6 nitrogen and oxygen atoms in total. The summed E-state index contributed by atoms with van der Waals surface area (Å²) in [6.07, 6.45) is 1.24. The third kappa shape index (κ3) is 4.08. The van der Waals surface area contributed by atoms with Crippen LogP contribution in [0.2, 0.25) is 5.02 Å². The molecule has 0 spiro atoms. The Labute approximate surface area is 156 Å². The number of nitrogens with one attached hydrogen (secondary N) is 1. The van der Waals surface area contributed by atoms with Gasteiger partial charge in [-0.05, 0) is 37.1 Å². The summed E-state index contributed by atoms with van der Waals surface area (Å²) in [6, 6.07) is 10.6. The van der Waals surface area contributed by atoms with Crippen LogP contribution >= 0.6 is 11.6 Å². The van der Waals surface area contributed by atoms with Crippen molar-refractivity contribution in [3.05, 3.63) is 58.6 Å². The standard InChI is InChI=1S/C19H19ClN2O4/c20-17-4-2-1-3-16(17)19(26)22-7-5-13(6-8-22)21-18(25)12-9-14(23)11-15(24)10-12/h1-4,9-11,13,23-24H,5-8H2,(H,21,25). The molecule has 136 valence electrons. The Balaban J connectivity index is 1.58. The molecule has 0 radical (unpaired) electrons. The molecule has 0 atom stereocenters. The zero-order valence-corrected chi connectivity index (χ0v) is 14.7. The number of rotatable bonds is 3. The van der Waals surface area contributed by atoms with E-state index < -0.39 is 0 Å². The molecule has 26 heavy (non-hydrogen) atoms. The first-order valence-electron chi connectivity index (χ1n) is 8.32. The maximum absolute atomic E-state index is 12.5. The molecular formula is C19H19ClN2O4. The number of phenolic OH excluding ortho intramolecular Hbond substituents is 2. The molecule has 3 N–H and O–H groups in total. The molecule has 3 rings (SSSR count). The molecular weight excluding hydrogens is 356 g/mol. The molecule has 0 aliphatic carbocycles. The first-order valence-corrected chi connectivity index (χ1v) is 8.69. The minimum atomic E-state index is -0.368. The average molecular weight is 375 g/mol. The van der Waals surface area contributed by atoms with Crippen LogP contribution in [0, 0.1) is 0 Å². The first-order chi connectivity index (χ1) is 12.4. The lowest BCUT2D eigenvalue weighted by atomic mass is 10.0. The van der Waals surface area contributed by atoms with Crippen LogP contribution in [0.4, 0.5) is 0 Å². The third-order valence-corrected chi connectivity index (χ3v) is 4.72. The van der Waals surface area contributed by atoms with Crippen molar-refractivity contribution >= 4 is 23.4 Å². The summed E-state index contributed by atoms with van der Waals surface area (Å²) in [4.78, 5) is 26.5. The molecule has 7 heteroatoms. The molecule has 2 amide bonds. The number of likely N-dealkylation sites (tertiary alicyclic amines) is 1. The second-order valence-corrected chi connectivity index (χ2v) is 6.67. The predicted octanol–water partition coefficient (Wildman–Crippen LogP) is 2.79. The van der Waals surface area contributed by atoms with Crippen molar-refractivity contribution < 1.29 is 19.8 Å². The lowest BCUT2D eigenvalue weighted by Gasteiger charge is -2.32. The van der Waals surface area contributed by atoms with Gasteiger partial charge in [-0.1, -0.05) is 23.7 Å². The first kappa shape index (κ1) is 18.1. The van der Waals surface area contributed by atoms with Crippen molar-refractivity contribution in [1.82, 2.24) is 10.2 Å². The monoisotopic (exact) mass is 374 g/mol. The van der Waals surface area contributed by atoms with E-state index in [2.05, 4.69) is 5.32 Å². The second-order valence-electron chi connectivity index (χ2n) is 6.26. The maximum atomic E-state index is 12.5. The number of carbonyl (C=O) groups is 2. The van der Waals surface area contributed by atoms with E-state index in [1.54, 1.807) is 29.2 Å². The maximum Gasteiger partial charge on any atom is 0.255 e. The molecule has 1 fully saturated rings. The van der Waals surface area contributed by atoms with Crippen LogP contribution < -0.4 is 5.32 Å². The van der Waals surface area contributed by atoms with Gasteiger partial charge in [-0.3, -0.25) is 9.59 Å². The van der Waals surface area contributed by atoms with E-state index in [1.807, 2.05) is 0 Å². The van der Waals surface area contributed by atoms with E-state index in [4.69, 9.17) is 11.6 Å². The van der Waals surface area contributed by atoms with Crippen molar-refractivity contribution in [2.45, 2.75) is 18.9 Å². The highest BCUT2D eigenvalue weighted by molar-refractivity contribution is 6.33. The van der Waals surface area contributed by atoms with Gasteiger partial charge in [0.1, 0.15) is 11.5 Å². The number of aromatic hydroxyl groups is 2. The van der Waals surface area contributed by atoms with E-state index in [0.717, 1.165) is 6.07 Å². The molecule has 2 aromatic rings. The third-order valence-electron chi connectivity index (χ3n) is 4.39. The van der Waals surface area contributed by atoms with Crippen molar-refractivity contribution in [3.8, 4) is 11.5 Å². The van der Waals surface area contributed by atoms with Crippen LogP contribution in [-0.4, -0.2) is 46.1 Å². The number of benzene rings is 2. The Hall–Kier alpha value is -2.73. The molecule has 0 aromatic heterocycles. The van der Waals surface area contributed by atoms with Gasteiger partial charge < -0.3 is 20.4 Å². The van der Waals surface area contributed by atoms with E-state index in [-0.39, 0.29) is 34.9 Å². The predicted molar refractivity (Wildman–Crippen MR) is 97.6 cm³/mol. The minimum absolute atomic E-state index is 0.0812. The molecule has 1 heterocycles. The van der Waals surface area contributed by atoms with Crippen LogP contribution in [0.1, 0.15) is 33.6 Å². The number of phenols is 2. The summed E-state index contributed by atoms with van der Waals surface area (Å²) >= 11 is 6.08.